The van der Waals surface area contributed by atoms with Gasteiger partial charge in [0.15, 0.2) is 0 Å². The molecule has 0 rings (SSSR count). The highest BCUT2D eigenvalue weighted by Gasteiger charge is 2.05. The van der Waals surface area contributed by atoms with Crippen molar-refractivity contribution >= 4 is 0 Å². The Kier molecular flexibility index (Phi) is 12.0. The van der Waals surface area contributed by atoms with Crippen molar-refractivity contribution in [3.8, 4) is 0 Å². The van der Waals surface area contributed by atoms with Crippen LogP contribution in [0, 0.1) is 0 Å². The normalized spacial score (nSPS) is 12.6. The average Bonchev–Trinajstić information content (AvgIpc) is 2.31. The highest BCUT2D eigenvalue weighted by Crippen LogP contribution is 2.13. The molecule has 1 nitrogen and oxygen atoms in total. The molecule has 1 unspecified atom stereocenters. The van der Waals surface area contributed by atoms with Crippen molar-refractivity contribution < 1.29 is 0 Å². The van der Waals surface area contributed by atoms with Gasteiger partial charge in [0.25, 0.3) is 0 Å². The maximum absolute atomic E-state index is 3.97. The Morgan fingerprint density at radius 3 is 2.12 bits per heavy atom. The topological polar surface area (TPSA) is 12.0 Å². The van der Waals surface area contributed by atoms with Gasteiger partial charge in [-0.05, 0) is 33.2 Å². The molecule has 0 amide bonds. The van der Waals surface area contributed by atoms with E-state index in [0.717, 1.165) is 0 Å². The number of rotatable bonds is 12. The molecule has 17 heavy (non-hydrogen) atoms. The Hall–Kier alpha value is -0.300. The molecule has 0 heterocycles. The van der Waals surface area contributed by atoms with Crippen molar-refractivity contribution in [1.29, 1.82) is 0 Å². The van der Waals surface area contributed by atoms with E-state index in [-0.39, 0.29) is 0 Å². The quantitative estimate of drug-likeness (QED) is 0.370. The van der Waals surface area contributed by atoms with Crippen molar-refractivity contribution in [3.05, 3.63) is 12.2 Å². The van der Waals surface area contributed by atoms with Crippen LogP contribution in [0.2, 0.25) is 0 Å². The number of nitrogens with one attached hydrogen (secondary N) is 1. The Morgan fingerprint density at radius 1 is 1.00 bits per heavy atom. The summed E-state index contributed by atoms with van der Waals surface area (Å²) in [4.78, 5) is 0. The summed E-state index contributed by atoms with van der Waals surface area (Å²) in [6, 6.07) is 0.697. The minimum absolute atomic E-state index is 0.697. The summed E-state index contributed by atoms with van der Waals surface area (Å²) in [7, 11) is 2.09. The highest BCUT2D eigenvalue weighted by molar-refractivity contribution is 4.89. The molecule has 0 radical (unpaired) electrons. The van der Waals surface area contributed by atoms with Crippen LogP contribution in [-0.2, 0) is 0 Å². The van der Waals surface area contributed by atoms with Crippen LogP contribution in [0.5, 0.6) is 0 Å². The first-order valence-corrected chi connectivity index (χ1v) is 7.52. The Bertz CT molecular complexity index is 174. The lowest BCUT2D eigenvalue weighted by molar-refractivity contribution is 0.457. The van der Waals surface area contributed by atoms with Gasteiger partial charge < -0.3 is 5.32 Å². The van der Waals surface area contributed by atoms with Gasteiger partial charge in [-0.15, -0.1) is 6.58 Å². The van der Waals surface area contributed by atoms with Crippen molar-refractivity contribution in [2.75, 3.05) is 7.05 Å². The number of allylic oxidation sites excluding steroid dienone is 1. The highest BCUT2D eigenvalue weighted by atomic mass is 14.9. The molecule has 0 saturated heterocycles. The molecular weight excluding hydrogens is 206 g/mol. The summed E-state index contributed by atoms with van der Waals surface area (Å²) in [5.41, 5.74) is 1.31. The number of hydrogen-bond acceptors (Lipinski definition) is 1. The summed E-state index contributed by atoms with van der Waals surface area (Å²) in [5.74, 6) is 0. The first-order chi connectivity index (χ1) is 8.20. The predicted octanol–water partition coefficient (Wildman–Crippen LogP) is 5.07. The molecule has 0 saturated carbocycles. The van der Waals surface area contributed by atoms with Crippen LogP contribution in [0.4, 0.5) is 0 Å². The van der Waals surface area contributed by atoms with Gasteiger partial charge in [0.1, 0.15) is 0 Å². The van der Waals surface area contributed by atoms with Crippen LogP contribution in [0.15, 0.2) is 12.2 Å². The van der Waals surface area contributed by atoms with Gasteiger partial charge in [0.2, 0.25) is 0 Å². The van der Waals surface area contributed by atoms with E-state index in [1.807, 2.05) is 0 Å². The summed E-state index contributed by atoms with van der Waals surface area (Å²) in [5, 5.41) is 3.43. The van der Waals surface area contributed by atoms with Crippen LogP contribution in [0.1, 0.15) is 78.1 Å². The minimum atomic E-state index is 0.697. The molecule has 0 fully saturated rings. The second kappa shape index (κ2) is 12.2. The molecule has 1 heteroatoms. The lowest BCUT2D eigenvalue weighted by Crippen LogP contribution is -2.24. The van der Waals surface area contributed by atoms with E-state index in [9.17, 15) is 0 Å². The Balaban J connectivity index is 3.34. The van der Waals surface area contributed by atoms with E-state index in [0.29, 0.717) is 6.04 Å². The molecular formula is C16H33N. The van der Waals surface area contributed by atoms with Gasteiger partial charge in [-0.1, -0.05) is 57.4 Å². The predicted molar refractivity (Wildman–Crippen MR) is 79.5 cm³/mol. The molecule has 0 aromatic heterocycles. The zero-order valence-corrected chi connectivity index (χ0v) is 12.4. The molecule has 102 valence electrons. The van der Waals surface area contributed by atoms with Crippen LogP contribution in [-0.4, -0.2) is 13.1 Å². The monoisotopic (exact) mass is 239 g/mol. The van der Waals surface area contributed by atoms with Crippen LogP contribution in [0.25, 0.3) is 0 Å². The average molecular weight is 239 g/mol. The van der Waals surface area contributed by atoms with E-state index in [4.69, 9.17) is 0 Å². The first-order valence-electron chi connectivity index (χ1n) is 7.52. The molecule has 0 aromatic carbocycles. The van der Waals surface area contributed by atoms with Gasteiger partial charge in [0.05, 0.1) is 0 Å². The van der Waals surface area contributed by atoms with Crippen molar-refractivity contribution in [3.63, 3.8) is 0 Å². The Morgan fingerprint density at radius 2 is 1.59 bits per heavy atom. The van der Waals surface area contributed by atoms with Gasteiger partial charge in [-0.25, -0.2) is 0 Å². The fourth-order valence-electron chi connectivity index (χ4n) is 2.20. The van der Waals surface area contributed by atoms with Crippen LogP contribution < -0.4 is 5.32 Å². The maximum atomic E-state index is 3.97. The van der Waals surface area contributed by atoms with Crippen LogP contribution >= 0.6 is 0 Å². The molecule has 0 aliphatic carbocycles. The zero-order valence-electron chi connectivity index (χ0n) is 12.4. The van der Waals surface area contributed by atoms with E-state index in [2.05, 4.69) is 32.8 Å². The number of unbranched alkanes of at least 4 members (excludes halogenated alkanes) is 6. The minimum Gasteiger partial charge on any atom is -0.317 e. The standard InChI is InChI=1S/C16H33N/c1-5-6-7-8-9-10-11-12-16(17-4)14-13-15(2)3/h16-17H,2,5-14H2,1,3-4H3. The summed E-state index contributed by atoms with van der Waals surface area (Å²) in [6.45, 7) is 8.37. The van der Waals surface area contributed by atoms with Gasteiger partial charge in [0, 0.05) is 6.04 Å². The molecule has 1 N–H and O–H groups in total. The third-order valence-corrected chi connectivity index (χ3v) is 3.48. The van der Waals surface area contributed by atoms with Crippen molar-refractivity contribution in [1.82, 2.24) is 5.32 Å². The molecule has 0 aliphatic rings. The summed E-state index contributed by atoms with van der Waals surface area (Å²) in [6.07, 6.45) is 13.6. The van der Waals surface area contributed by atoms with E-state index < -0.39 is 0 Å². The smallest absolute Gasteiger partial charge is 0.00671 e. The fraction of sp³-hybridized carbons (Fsp3) is 0.875. The third-order valence-electron chi connectivity index (χ3n) is 3.48. The molecule has 0 aliphatic heterocycles. The van der Waals surface area contributed by atoms with Crippen LogP contribution in [0.3, 0.4) is 0 Å². The summed E-state index contributed by atoms with van der Waals surface area (Å²) >= 11 is 0. The fourth-order valence-corrected chi connectivity index (χ4v) is 2.20. The SMILES string of the molecule is C=C(C)CCC(CCCCCCCCC)NC. The third kappa shape index (κ3) is 12.0. The second-order valence-corrected chi connectivity index (χ2v) is 5.39. The first kappa shape index (κ1) is 16.7. The van der Waals surface area contributed by atoms with Gasteiger partial charge >= 0.3 is 0 Å². The van der Waals surface area contributed by atoms with Crippen molar-refractivity contribution in [2.45, 2.75) is 84.1 Å². The van der Waals surface area contributed by atoms with E-state index >= 15 is 0 Å². The molecule has 0 spiro atoms. The lowest BCUT2D eigenvalue weighted by atomic mass is 10.0. The Labute approximate surface area is 109 Å². The van der Waals surface area contributed by atoms with E-state index in [1.54, 1.807) is 0 Å². The maximum Gasteiger partial charge on any atom is 0.00671 e. The molecule has 0 aromatic rings. The van der Waals surface area contributed by atoms with Crippen molar-refractivity contribution in [2.24, 2.45) is 0 Å². The number of hydrogen-bond donors (Lipinski definition) is 1. The second-order valence-electron chi connectivity index (χ2n) is 5.39. The zero-order chi connectivity index (χ0) is 12.9. The molecule has 0 bridgehead atoms. The summed E-state index contributed by atoms with van der Waals surface area (Å²) < 4.78 is 0. The molecule has 1 atom stereocenters. The van der Waals surface area contributed by atoms with E-state index in [1.165, 1.54) is 69.8 Å². The lowest BCUT2D eigenvalue weighted by Gasteiger charge is -2.15. The van der Waals surface area contributed by atoms with Gasteiger partial charge in [-0.3, -0.25) is 0 Å². The van der Waals surface area contributed by atoms with Gasteiger partial charge in [-0.2, -0.15) is 0 Å². The largest absolute Gasteiger partial charge is 0.317 e.